The summed E-state index contributed by atoms with van der Waals surface area (Å²) in [5.74, 6) is 2.43. The Morgan fingerprint density at radius 1 is 1.12 bits per heavy atom. The zero-order valence-electron chi connectivity index (χ0n) is 14.7. The lowest BCUT2D eigenvalue weighted by Crippen LogP contribution is -2.35. The number of nitrogens with one attached hydrogen (secondary N) is 1. The third-order valence-electron chi connectivity index (χ3n) is 6.74. The van der Waals surface area contributed by atoms with E-state index >= 15 is 0 Å². The van der Waals surface area contributed by atoms with Crippen LogP contribution in [-0.4, -0.2) is 13.1 Å². The molecule has 2 aliphatic carbocycles. The Balaban J connectivity index is 1.60. The first-order valence-corrected chi connectivity index (χ1v) is 10.2. The monoisotopic (exact) mass is 411 g/mol. The predicted octanol–water partition coefficient (Wildman–Crippen LogP) is 5.53. The second-order valence-electron chi connectivity index (χ2n) is 7.90. The molecule has 4 heteroatoms. The molecule has 26 heavy (non-hydrogen) atoms. The molecular formula is C22H22BrNO2. The van der Waals surface area contributed by atoms with Gasteiger partial charge in [-0.25, -0.2) is 4.79 Å². The molecule has 1 heterocycles. The van der Waals surface area contributed by atoms with Crippen LogP contribution >= 0.6 is 15.9 Å². The Hall–Kier alpha value is -1.81. The number of methoxy groups -OCH3 is 1. The molecule has 1 N–H and O–H groups in total. The number of hydrogen-bond donors (Lipinski definition) is 1. The fourth-order valence-electron chi connectivity index (χ4n) is 5.73. The molecule has 3 nitrogen and oxygen atoms in total. The lowest BCUT2D eigenvalue weighted by Gasteiger charge is -2.43. The molecule has 5 rings (SSSR count). The maximum atomic E-state index is 12.0. The van der Waals surface area contributed by atoms with Gasteiger partial charge in [-0.05, 0) is 84.4 Å². The number of hydrogen-bond acceptors (Lipinski definition) is 3. The Bertz CT molecular complexity index is 863. The van der Waals surface area contributed by atoms with Crippen LogP contribution in [0.1, 0.15) is 52.7 Å². The van der Waals surface area contributed by atoms with Crippen LogP contribution in [0.5, 0.6) is 0 Å². The largest absolute Gasteiger partial charge is 0.465 e. The smallest absolute Gasteiger partial charge is 0.337 e. The van der Waals surface area contributed by atoms with Gasteiger partial charge in [0.05, 0.1) is 18.7 Å². The zero-order chi connectivity index (χ0) is 17.8. The van der Waals surface area contributed by atoms with Crippen molar-refractivity contribution >= 4 is 27.6 Å². The summed E-state index contributed by atoms with van der Waals surface area (Å²) < 4.78 is 6.05. The van der Waals surface area contributed by atoms with Crippen molar-refractivity contribution in [1.29, 1.82) is 0 Å². The topological polar surface area (TPSA) is 38.3 Å². The highest BCUT2D eigenvalue weighted by atomic mass is 79.9. The van der Waals surface area contributed by atoms with E-state index in [0.717, 1.165) is 16.3 Å². The summed E-state index contributed by atoms with van der Waals surface area (Å²) in [5.41, 5.74) is 4.52. The van der Waals surface area contributed by atoms with Crippen molar-refractivity contribution in [1.82, 2.24) is 0 Å². The van der Waals surface area contributed by atoms with Gasteiger partial charge in [0, 0.05) is 10.2 Å². The van der Waals surface area contributed by atoms with Gasteiger partial charge in [-0.1, -0.05) is 28.1 Å². The maximum absolute atomic E-state index is 12.0. The third kappa shape index (κ3) is 2.42. The van der Waals surface area contributed by atoms with E-state index in [1.165, 1.54) is 43.2 Å². The predicted molar refractivity (Wildman–Crippen MR) is 105 cm³/mol. The summed E-state index contributed by atoms with van der Waals surface area (Å²) in [6, 6.07) is 15.1. The number of anilines is 1. The van der Waals surface area contributed by atoms with E-state index in [1.54, 1.807) is 0 Å². The number of halogens is 1. The number of carbonyl (C=O) groups excluding carboxylic acids is 1. The maximum Gasteiger partial charge on any atom is 0.337 e. The summed E-state index contributed by atoms with van der Waals surface area (Å²) in [7, 11) is 1.45. The fraction of sp³-hybridized carbons (Fsp3) is 0.409. The fourth-order valence-corrected chi connectivity index (χ4v) is 6.00. The SMILES string of the molecule is COC(=O)c1ccc2c(c1)[C@@H]1[C@H]3CC[C@@H](C3)[C@@H]1[C@@H](c1ccc(Br)cc1)N2. The van der Waals surface area contributed by atoms with Gasteiger partial charge in [-0.2, -0.15) is 0 Å². The second-order valence-corrected chi connectivity index (χ2v) is 8.82. The molecule has 134 valence electrons. The molecule has 0 radical (unpaired) electrons. The molecule has 5 atom stereocenters. The van der Waals surface area contributed by atoms with Crippen LogP contribution in [0.3, 0.4) is 0 Å². The van der Waals surface area contributed by atoms with Gasteiger partial charge in [0.2, 0.25) is 0 Å². The number of esters is 1. The van der Waals surface area contributed by atoms with E-state index in [9.17, 15) is 4.79 Å². The number of benzene rings is 2. The van der Waals surface area contributed by atoms with Gasteiger partial charge in [-0.15, -0.1) is 0 Å². The molecule has 2 bridgehead atoms. The first kappa shape index (κ1) is 16.4. The molecule has 2 aromatic rings. The molecular weight excluding hydrogens is 390 g/mol. The summed E-state index contributed by atoms with van der Waals surface area (Å²) >= 11 is 3.55. The first-order chi connectivity index (χ1) is 12.7. The summed E-state index contributed by atoms with van der Waals surface area (Å²) in [6.45, 7) is 0. The molecule has 1 aliphatic heterocycles. The van der Waals surface area contributed by atoms with Gasteiger partial charge in [0.25, 0.3) is 0 Å². The zero-order valence-corrected chi connectivity index (χ0v) is 16.3. The van der Waals surface area contributed by atoms with Gasteiger partial charge in [0.15, 0.2) is 0 Å². The molecule has 0 unspecified atom stereocenters. The average Bonchev–Trinajstić information content (AvgIpc) is 3.29. The van der Waals surface area contributed by atoms with E-state index in [0.29, 0.717) is 23.4 Å². The minimum Gasteiger partial charge on any atom is -0.465 e. The molecule has 0 amide bonds. The minimum absolute atomic E-state index is 0.248. The van der Waals surface area contributed by atoms with Crippen molar-refractivity contribution in [3.63, 3.8) is 0 Å². The molecule has 2 fully saturated rings. The van der Waals surface area contributed by atoms with Crippen LogP contribution < -0.4 is 5.32 Å². The Kier molecular flexibility index (Phi) is 3.85. The van der Waals surface area contributed by atoms with Gasteiger partial charge in [-0.3, -0.25) is 0 Å². The lowest BCUT2D eigenvalue weighted by atomic mass is 9.68. The van der Waals surface area contributed by atoms with Crippen molar-refractivity contribution in [3.8, 4) is 0 Å². The number of carbonyl (C=O) groups is 1. The van der Waals surface area contributed by atoms with E-state index in [2.05, 4.69) is 57.6 Å². The van der Waals surface area contributed by atoms with Gasteiger partial charge < -0.3 is 10.1 Å². The van der Waals surface area contributed by atoms with Gasteiger partial charge in [0.1, 0.15) is 0 Å². The number of fused-ring (bicyclic) bond motifs is 7. The van der Waals surface area contributed by atoms with Crippen LogP contribution in [0.4, 0.5) is 5.69 Å². The minimum atomic E-state index is -0.248. The van der Waals surface area contributed by atoms with Crippen LogP contribution in [-0.2, 0) is 4.74 Å². The molecule has 2 saturated carbocycles. The molecule has 2 aromatic carbocycles. The normalized spacial score (nSPS) is 31.1. The van der Waals surface area contributed by atoms with Crippen molar-refractivity contribution < 1.29 is 9.53 Å². The number of rotatable bonds is 2. The van der Waals surface area contributed by atoms with Crippen molar-refractivity contribution in [3.05, 3.63) is 63.6 Å². The summed E-state index contributed by atoms with van der Waals surface area (Å²) in [6.07, 6.45) is 3.99. The van der Waals surface area contributed by atoms with E-state index in [-0.39, 0.29) is 5.97 Å². The molecule has 0 spiro atoms. The lowest BCUT2D eigenvalue weighted by molar-refractivity contribution is 0.0600. The number of ether oxygens (including phenoxy) is 1. The summed E-state index contributed by atoms with van der Waals surface area (Å²) in [4.78, 5) is 12.0. The first-order valence-electron chi connectivity index (χ1n) is 9.40. The second kappa shape index (κ2) is 6.12. The highest BCUT2D eigenvalue weighted by Crippen LogP contribution is 2.63. The molecule has 0 aromatic heterocycles. The van der Waals surface area contributed by atoms with E-state index in [1.807, 2.05) is 6.07 Å². The molecule has 3 aliphatic rings. The Morgan fingerprint density at radius 2 is 1.88 bits per heavy atom. The van der Waals surface area contributed by atoms with Crippen molar-refractivity contribution in [2.24, 2.45) is 17.8 Å². The van der Waals surface area contributed by atoms with Gasteiger partial charge >= 0.3 is 5.97 Å². The highest BCUT2D eigenvalue weighted by Gasteiger charge is 2.53. The molecule has 0 saturated heterocycles. The Morgan fingerprint density at radius 3 is 2.65 bits per heavy atom. The van der Waals surface area contributed by atoms with Crippen LogP contribution in [0.2, 0.25) is 0 Å². The van der Waals surface area contributed by atoms with Crippen LogP contribution in [0.25, 0.3) is 0 Å². The third-order valence-corrected chi connectivity index (χ3v) is 7.27. The average molecular weight is 412 g/mol. The highest BCUT2D eigenvalue weighted by molar-refractivity contribution is 9.10. The van der Waals surface area contributed by atoms with E-state index < -0.39 is 0 Å². The quantitative estimate of drug-likeness (QED) is 0.659. The van der Waals surface area contributed by atoms with E-state index in [4.69, 9.17) is 4.74 Å². The Labute approximate surface area is 162 Å². The van der Waals surface area contributed by atoms with Crippen molar-refractivity contribution in [2.45, 2.75) is 31.2 Å². The van der Waals surface area contributed by atoms with Crippen LogP contribution in [0, 0.1) is 17.8 Å². The van der Waals surface area contributed by atoms with Crippen LogP contribution in [0.15, 0.2) is 46.9 Å². The standard InChI is InChI=1S/C22H22BrNO2/c1-26-22(25)15-6-9-18-17(11-15)19-13-2-3-14(10-13)20(19)21(24-18)12-4-7-16(23)8-5-12/h4-9,11,13-14,19-21,24H,2-3,10H2,1H3/t13-,14-,19-,20-,21+/m0/s1. The van der Waals surface area contributed by atoms with Crippen molar-refractivity contribution in [2.75, 3.05) is 12.4 Å². The summed E-state index contributed by atoms with van der Waals surface area (Å²) in [5, 5.41) is 3.81.